The summed E-state index contributed by atoms with van der Waals surface area (Å²) in [4.78, 5) is 3.92. The highest BCUT2D eigenvalue weighted by atomic mass is 16.3. The number of rotatable bonds is 2. The number of aliphatic hydroxyl groups is 1. The lowest BCUT2D eigenvalue weighted by Crippen LogP contribution is -2.05. The van der Waals surface area contributed by atoms with E-state index in [1.54, 1.807) is 42.6 Å². The second-order valence-corrected chi connectivity index (χ2v) is 3.61. The third kappa shape index (κ3) is 2.25. The highest BCUT2D eigenvalue weighted by Gasteiger charge is 2.13. The molecule has 0 saturated heterocycles. The molecule has 0 amide bonds. The van der Waals surface area contributed by atoms with E-state index < -0.39 is 6.10 Å². The smallest absolute Gasteiger partial charge is 0.129 e. The average molecular weight is 225 g/mol. The van der Waals surface area contributed by atoms with Crippen molar-refractivity contribution in [3.05, 3.63) is 59.3 Å². The summed E-state index contributed by atoms with van der Waals surface area (Å²) < 4.78 is 0. The Balaban J connectivity index is 2.34. The first-order chi connectivity index (χ1) is 8.22. The molecule has 0 aliphatic rings. The van der Waals surface area contributed by atoms with E-state index in [-0.39, 0.29) is 0 Å². The fourth-order valence-electron chi connectivity index (χ4n) is 1.58. The first kappa shape index (κ1) is 11.1. The highest BCUT2D eigenvalue weighted by molar-refractivity contribution is 5.45. The van der Waals surface area contributed by atoms with E-state index in [0.29, 0.717) is 22.5 Å². The minimum atomic E-state index is -0.823. The van der Waals surface area contributed by atoms with Crippen LogP contribution in [0, 0.1) is 11.3 Å². The molecule has 0 fully saturated rings. The molecule has 0 aliphatic heterocycles. The largest absolute Gasteiger partial charge is 0.384 e. The maximum atomic E-state index is 10.1. The molecular weight excluding hydrogens is 214 g/mol. The fraction of sp³-hybridized carbons (Fsp3) is 0.0769. The van der Waals surface area contributed by atoms with Gasteiger partial charge in [-0.25, -0.2) is 4.98 Å². The lowest BCUT2D eigenvalue weighted by atomic mass is 10.0. The Morgan fingerprint density at radius 1 is 1.24 bits per heavy atom. The Labute approximate surface area is 99.0 Å². The van der Waals surface area contributed by atoms with Crippen molar-refractivity contribution in [2.45, 2.75) is 6.10 Å². The molecule has 1 atom stereocenters. The van der Waals surface area contributed by atoms with Gasteiger partial charge in [0.05, 0.1) is 11.6 Å². The monoisotopic (exact) mass is 225 g/mol. The molecule has 0 radical (unpaired) electrons. The van der Waals surface area contributed by atoms with Gasteiger partial charge in [0.1, 0.15) is 11.9 Å². The molecule has 2 rings (SSSR count). The van der Waals surface area contributed by atoms with E-state index in [9.17, 15) is 5.11 Å². The van der Waals surface area contributed by atoms with Gasteiger partial charge < -0.3 is 10.8 Å². The predicted molar refractivity (Wildman–Crippen MR) is 63.9 cm³/mol. The Morgan fingerprint density at radius 2 is 1.94 bits per heavy atom. The number of aliphatic hydroxyl groups excluding tert-OH is 1. The maximum Gasteiger partial charge on any atom is 0.129 e. The van der Waals surface area contributed by atoms with Crippen LogP contribution < -0.4 is 5.73 Å². The van der Waals surface area contributed by atoms with Crippen LogP contribution in [0.2, 0.25) is 0 Å². The molecule has 84 valence electrons. The van der Waals surface area contributed by atoms with Gasteiger partial charge >= 0.3 is 0 Å². The van der Waals surface area contributed by atoms with Crippen molar-refractivity contribution in [2.24, 2.45) is 0 Å². The molecule has 0 bridgehead atoms. The quantitative estimate of drug-likeness (QED) is 0.813. The van der Waals surface area contributed by atoms with E-state index in [1.807, 2.05) is 6.07 Å². The van der Waals surface area contributed by atoms with Crippen LogP contribution in [0.4, 0.5) is 5.82 Å². The van der Waals surface area contributed by atoms with Gasteiger partial charge in [-0.2, -0.15) is 5.26 Å². The summed E-state index contributed by atoms with van der Waals surface area (Å²) >= 11 is 0. The lowest BCUT2D eigenvalue weighted by Gasteiger charge is -2.12. The zero-order chi connectivity index (χ0) is 12.3. The second kappa shape index (κ2) is 4.64. The number of benzene rings is 1. The molecule has 1 aromatic carbocycles. The molecule has 0 saturated carbocycles. The van der Waals surface area contributed by atoms with E-state index in [0.717, 1.165) is 0 Å². The summed E-state index contributed by atoms with van der Waals surface area (Å²) in [5.41, 5.74) is 7.50. The van der Waals surface area contributed by atoms with Crippen molar-refractivity contribution < 1.29 is 5.11 Å². The van der Waals surface area contributed by atoms with Crippen LogP contribution in [0.15, 0.2) is 42.6 Å². The van der Waals surface area contributed by atoms with Gasteiger partial charge in [-0.15, -0.1) is 0 Å². The number of nitriles is 1. The molecule has 3 N–H and O–H groups in total. The first-order valence-electron chi connectivity index (χ1n) is 5.11. The number of nitrogens with two attached hydrogens (primary N) is 1. The highest BCUT2D eigenvalue weighted by Crippen LogP contribution is 2.25. The van der Waals surface area contributed by atoms with E-state index in [1.165, 1.54) is 0 Å². The minimum absolute atomic E-state index is 0.310. The van der Waals surface area contributed by atoms with E-state index >= 15 is 0 Å². The normalized spacial score (nSPS) is 11.8. The van der Waals surface area contributed by atoms with Crippen molar-refractivity contribution in [3.63, 3.8) is 0 Å². The van der Waals surface area contributed by atoms with E-state index in [2.05, 4.69) is 4.98 Å². The summed E-state index contributed by atoms with van der Waals surface area (Å²) in [5.74, 6) is 0.310. The number of nitrogens with zero attached hydrogens (tertiary/aromatic N) is 2. The SMILES string of the molecule is N#Cc1ccc(C(O)c2cccnc2N)cc1. The van der Waals surface area contributed by atoms with Gasteiger partial charge in [-0.1, -0.05) is 18.2 Å². The number of nitrogen functional groups attached to an aromatic ring is 1. The Bertz CT molecular complexity index is 558. The summed E-state index contributed by atoms with van der Waals surface area (Å²) in [6.45, 7) is 0. The van der Waals surface area contributed by atoms with Crippen molar-refractivity contribution in [3.8, 4) is 6.07 Å². The second-order valence-electron chi connectivity index (χ2n) is 3.61. The third-order valence-electron chi connectivity index (χ3n) is 2.52. The number of pyridine rings is 1. The van der Waals surface area contributed by atoms with Gasteiger partial charge in [-0.3, -0.25) is 0 Å². The fourth-order valence-corrected chi connectivity index (χ4v) is 1.58. The van der Waals surface area contributed by atoms with Crippen LogP contribution in [0.5, 0.6) is 0 Å². The van der Waals surface area contributed by atoms with Gasteiger partial charge in [-0.05, 0) is 23.8 Å². The van der Waals surface area contributed by atoms with Gasteiger partial charge in [0.2, 0.25) is 0 Å². The van der Waals surface area contributed by atoms with Gasteiger partial charge in [0.15, 0.2) is 0 Å². The standard InChI is InChI=1S/C13H11N3O/c14-8-9-3-5-10(6-4-9)12(17)11-2-1-7-16-13(11)15/h1-7,12,17H,(H2,15,16). The number of anilines is 1. The zero-order valence-electron chi connectivity index (χ0n) is 9.04. The molecule has 0 spiro atoms. The summed E-state index contributed by atoms with van der Waals surface area (Å²) in [7, 11) is 0. The number of hydrogen-bond donors (Lipinski definition) is 2. The molecular formula is C13H11N3O. The maximum absolute atomic E-state index is 10.1. The average Bonchev–Trinajstić information content (AvgIpc) is 2.39. The molecule has 17 heavy (non-hydrogen) atoms. The van der Waals surface area contributed by atoms with Crippen LogP contribution in [0.3, 0.4) is 0 Å². The van der Waals surface area contributed by atoms with Crippen molar-refractivity contribution in [1.29, 1.82) is 5.26 Å². The first-order valence-corrected chi connectivity index (χ1v) is 5.11. The van der Waals surface area contributed by atoms with Crippen LogP contribution in [-0.2, 0) is 0 Å². The molecule has 4 heteroatoms. The molecule has 2 aromatic rings. The van der Waals surface area contributed by atoms with Crippen LogP contribution in [0.25, 0.3) is 0 Å². The number of hydrogen-bond acceptors (Lipinski definition) is 4. The van der Waals surface area contributed by atoms with E-state index in [4.69, 9.17) is 11.0 Å². The Hall–Kier alpha value is -2.38. The molecule has 1 aromatic heterocycles. The van der Waals surface area contributed by atoms with Crippen molar-refractivity contribution >= 4 is 5.82 Å². The third-order valence-corrected chi connectivity index (χ3v) is 2.52. The molecule has 0 aliphatic carbocycles. The number of aromatic nitrogens is 1. The van der Waals surface area contributed by atoms with Gasteiger partial charge in [0, 0.05) is 11.8 Å². The van der Waals surface area contributed by atoms with Crippen molar-refractivity contribution in [1.82, 2.24) is 4.98 Å². The Kier molecular flexibility index (Phi) is 3.03. The molecule has 1 heterocycles. The topological polar surface area (TPSA) is 82.9 Å². The van der Waals surface area contributed by atoms with Gasteiger partial charge in [0.25, 0.3) is 0 Å². The molecule has 1 unspecified atom stereocenters. The summed E-state index contributed by atoms with van der Waals surface area (Å²) in [6, 6.07) is 12.2. The zero-order valence-corrected chi connectivity index (χ0v) is 9.04. The summed E-state index contributed by atoms with van der Waals surface area (Å²) in [6.07, 6.45) is 0.751. The molecule has 4 nitrogen and oxygen atoms in total. The lowest BCUT2D eigenvalue weighted by molar-refractivity contribution is 0.220. The predicted octanol–water partition coefficient (Wildman–Crippen LogP) is 1.62. The van der Waals surface area contributed by atoms with Crippen LogP contribution >= 0.6 is 0 Å². The van der Waals surface area contributed by atoms with Crippen LogP contribution in [-0.4, -0.2) is 10.1 Å². The van der Waals surface area contributed by atoms with Crippen LogP contribution in [0.1, 0.15) is 22.8 Å². The minimum Gasteiger partial charge on any atom is -0.384 e. The Morgan fingerprint density at radius 3 is 2.53 bits per heavy atom. The summed E-state index contributed by atoms with van der Waals surface area (Å²) in [5, 5.41) is 18.8. The van der Waals surface area contributed by atoms with Crippen molar-refractivity contribution in [2.75, 3.05) is 5.73 Å².